The third-order valence-electron chi connectivity index (χ3n) is 0.184. The summed E-state index contributed by atoms with van der Waals surface area (Å²) in [5.41, 5.74) is 0. The van der Waals surface area contributed by atoms with Crippen molar-refractivity contribution in [3.05, 3.63) is 0 Å². The molecule has 0 aliphatic rings. The molecule has 0 spiro atoms. The van der Waals surface area contributed by atoms with Gasteiger partial charge >= 0.3 is 12.3 Å². The highest BCUT2D eigenvalue weighted by Crippen LogP contribution is 1.78. The molecule has 0 saturated carbocycles. The fourth-order valence-electron chi connectivity index (χ4n) is 0.0713. The van der Waals surface area contributed by atoms with Crippen molar-refractivity contribution in [2.45, 2.75) is 0 Å². The van der Waals surface area contributed by atoms with Crippen molar-refractivity contribution in [2.24, 2.45) is 0 Å². The zero-order valence-corrected chi connectivity index (χ0v) is 4.94. The Morgan fingerprint density at radius 3 is 1.20 bits per heavy atom. The summed E-state index contributed by atoms with van der Waals surface area (Å²) in [6, 6.07) is 0. The van der Waals surface area contributed by atoms with Crippen LogP contribution in [-0.2, 0) is 9.78 Å². The summed E-state index contributed by atoms with van der Waals surface area (Å²) in [5.74, 6) is 0. The number of carboxylic acid groups (broad SMARTS) is 2. The topological polar surface area (TPSA) is 163 Å². The largest absolute Gasteiger partial charge is 0.547 e. The van der Waals surface area contributed by atoms with Gasteiger partial charge in [0.1, 0.15) is 0 Å². The minimum absolute atomic E-state index is 0. The smallest absolute Gasteiger partial charge is 0.447 e. The van der Waals surface area contributed by atoms with Gasteiger partial charge in [-0.2, -0.15) is 0 Å². The van der Waals surface area contributed by atoms with E-state index in [0.717, 1.165) is 0 Å². The van der Waals surface area contributed by atoms with Gasteiger partial charge in [-0.1, -0.05) is 0 Å². The monoisotopic (exact) mass is 156 g/mol. The van der Waals surface area contributed by atoms with Gasteiger partial charge in [0.05, 0.1) is 0 Å². The SMILES string of the molecule is N.N.O=C(O)OOC(=O)O. The molecule has 0 rings (SSSR count). The van der Waals surface area contributed by atoms with Gasteiger partial charge in [-0.15, -0.1) is 0 Å². The van der Waals surface area contributed by atoms with E-state index in [1.807, 2.05) is 0 Å². The Kier molecular flexibility index (Phi) is 11.8. The second kappa shape index (κ2) is 7.46. The van der Waals surface area contributed by atoms with Crippen LogP contribution in [0.5, 0.6) is 0 Å². The lowest BCUT2D eigenvalue weighted by molar-refractivity contribution is -0.208. The van der Waals surface area contributed by atoms with Crippen molar-refractivity contribution in [1.29, 1.82) is 0 Å². The molecule has 0 aromatic rings. The minimum atomic E-state index is -1.80. The van der Waals surface area contributed by atoms with E-state index in [1.165, 1.54) is 0 Å². The molecule has 8 heteroatoms. The molecule has 0 heterocycles. The Morgan fingerprint density at radius 1 is 0.900 bits per heavy atom. The van der Waals surface area contributed by atoms with E-state index in [2.05, 4.69) is 9.78 Å². The fraction of sp³-hybridized carbons (Fsp3) is 0. The predicted octanol–water partition coefficient (Wildman–Crippen LogP) is 0.615. The molecule has 0 amide bonds. The summed E-state index contributed by atoms with van der Waals surface area (Å²) in [7, 11) is 0. The van der Waals surface area contributed by atoms with Crippen molar-refractivity contribution >= 4 is 12.3 Å². The highest BCUT2D eigenvalue weighted by atomic mass is 17.2. The van der Waals surface area contributed by atoms with Gasteiger partial charge < -0.3 is 22.5 Å². The van der Waals surface area contributed by atoms with Gasteiger partial charge in [-0.05, 0) is 0 Å². The first-order chi connectivity index (χ1) is 3.63. The molecule has 8 N–H and O–H groups in total. The summed E-state index contributed by atoms with van der Waals surface area (Å²) in [4.78, 5) is 24.8. The maximum Gasteiger partial charge on any atom is 0.547 e. The van der Waals surface area contributed by atoms with E-state index in [9.17, 15) is 9.59 Å². The summed E-state index contributed by atoms with van der Waals surface area (Å²) >= 11 is 0. The first kappa shape index (κ1) is 15.8. The normalized spacial score (nSPS) is 6.00. The lowest BCUT2D eigenvalue weighted by atomic mass is 11.4. The third kappa shape index (κ3) is 16.1. The van der Waals surface area contributed by atoms with Crippen molar-refractivity contribution in [1.82, 2.24) is 12.3 Å². The van der Waals surface area contributed by atoms with E-state index in [-0.39, 0.29) is 12.3 Å². The average Bonchev–Trinajstić information content (AvgIpc) is 1.61. The molecule has 0 aromatic heterocycles. The van der Waals surface area contributed by atoms with Crippen LogP contribution in [-0.4, -0.2) is 22.5 Å². The van der Waals surface area contributed by atoms with Crippen LogP contribution in [0.3, 0.4) is 0 Å². The van der Waals surface area contributed by atoms with Crippen LogP contribution in [0.15, 0.2) is 0 Å². The maximum atomic E-state index is 9.29. The quantitative estimate of drug-likeness (QED) is 0.292. The molecule has 0 aromatic carbocycles. The number of hydrogen-bond acceptors (Lipinski definition) is 6. The van der Waals surface area contributed by atoms with E-state index in [1.54, 1.807) is 0 Å². The zero-order chi connectivity index (χ0) is 6.57. The van der Waals surface area contributed by atoms with Gasteiger partial charge in [0.2, 0.25) is 0 Å². The number of carbonyl (C=O) groups is 2. The predicted molar refractivity (Wildman–Crippen MR) is 28.3 cm³/mol. The average molecular weight is 156 g/mol. The van der Waals surface area contributed by atoms with Gasteiger partial charge in [0, 0.05) is 0 Å². The van der Waals surface area contributed by atoms with Gasteiger partial charge in [0.15, 0.2) is 0 Å². The molecular formula is C2H8N2O6. The summed E-state index contributed by atoms with van der Waals surface area (Å²) in [6.45, 7) is 0. The van der Waals surface area contributed by atoms with E-state index in [0.29, 0.717) is 0 Å². The summed E-state index contributed by atoms with van der Waals surface area (Å²) < 4.78 is 0. The second-order valence-corrected chi connectivity index (χ2v) is 0.698. The van der Waals surface area contributed by atoms with Crippen LogP contribution < -0.4 is 12.3 Å². The lowest BCUT2D eigenvalue weighted by Gasteiger charge is -1.89. The van der Waals surface area contributed by atoms with Gasteiger partial charge in [-0.3, -0.25) is 0 Å². The Hall–Kier alpha value is -1.54. The molecule has 0 unspecified atom stereocenters. The van der Waals surface area contributed by atoms with E-state index >= 15 is 0 Å². The molecule has 0 atom stereocenters. The second-order valence-electron chi connectivity index (χ2n) is 0.698. The molecule has 0 aliphatic heterocycles. The van der Waals surface area contributed by atoms with Crippen molar-refractivity contribution < 1.29 is 29.6 Å². The van der Waals surface area contributed by atoms with Gasteiger partial charge in [-0.25, -0.2) is 19.4 Å². The number of rotatable bonds is 0. The Labute approximate surface area is 55.4 Å². The van der Waals surface area contributed by atoms with Gasteiger partial charge in [0.25, 0.3) is 0 Å². The molecule has 62 valence electrons. The molecule has 0 bridgehead atoms. The first-order valence-corrected chi connectivity index (χ1v) is 1.43. The maximum absolute atomic E-state index is 9.29. The standard InChI is InChI=1S/C2H2O6.2H3N/c3-1(4)7-8-2(5)6;;/h(H,3,4)(H,5,6);2*1H3. The third-order valence-corrected chi connectivity index (χ3v) is 0.184. The number of hydrogen-bond donors (Lipinski definition) is 4. The molecule has 0 saturated heterocycles. The van der Waals surface area contributed by atoms with E-state index < -0.39 is 12.3 Å². The van der Waals surface area contributed by atoms with Crippen LogP contribution in [0, 0.1) is 0 Å². The first-order valence-electron chi connectivity index (χ1n) is 1.43. The van der Waals surface area contributed by atoms with E-state index in [4.69, 9.17) is 10.2 Å². The zero-order valence-electron chi connectivity index (χ0n) is 4.94. The Balaban J connectivity index is -0.000000245. The van der Waals surface area contributed by atoms with Crippen LogP contribution in [0.25, 0.3) is 0 Å². The van der Waals surface area contributed by atoms with Crippen LogP contribution in [0.1, 0.15) is 0 Å². The Morgan fingerprint density at radius 2 is 1.10 bits per heavy atom. The van der Waals surface area contributed by atoms with Crippen LogP contribution >= 0.6 is 0 Å². The summed E-state index contributed by atoms with van der Waals surface area (Å²) in [5, 5.41) is 15.1. The molecule has 0 aliphatic carbocycles. The minimum Gasteiger partial charge on any atom is -0.447 e. The van der Waals surface area contributed by atoms with Crippen LogP contribution in [0.2, 0.25) is 0 Å². The summed E-state index contributed by atoms with van der Waals surface area (Å²) in [6.07, 6.45) is -3.60. The molecule has 10 heavy (non-hydrogen) atoms. The highest BCUT2D eigenvalue weighted by Gasteiger charge is 2.01. The Bertz CT molecular complexity index is 98.3. The van der Waals surface area contributed by atoms with Crippen LogP contribution in [0.4, 0.5) is 9.59 Å². The fourth-order valence-corrected chi connectivity index (χ4v) is 0.0713. The van der Waals surface area contributed by atoms with Crippen molar-refractivity contribution in [3.63, 3.8) is 0 Å². The highest BCUT2D eigenvalue weighted by molar-refractivity contribution is 5.60. The van der Waals surface area contributed by atoms with Crippen molar-refractivity contribution in [3.8, 4) is 0 Å². The lowest BCUT2D eigenvalue weighted by Crippen LogP contribution is -2.05. The molecule has 0 fully saturated rings. The molecular weight excluding hydrogens is 148 g/mol. The molecule has 8 nitrogen and oxygen atoms in total. The molecule has 0 radical (unpaired) electrons. The van der Waals surface area contributed by atoms with Crippen molar-refractivity contribution in [2.75, 3.05) is 0 Å².